The predicted octanol–water partition coefficient (Wildman–Crippen LogP) is 12.7. The fourth-order valence-corrected chi connectivity index (χ4v) is 8.15. The summed E-state index contributed by atoms with van der Waals surface area (Å²) >= 11 is 0. The lowest BCUT2D eigenvalue weighted by molar-refractivity contribution is 0.666. The van der Waals surface area contributed by atoms with Crippen molar-refractivity contribution in [2.45, 2.75) is 19.3 Å². The quantitative estimate of drug-likeness (QED) is 0.173. The standard InChI is InChI=1S/C51H36N4/c1-51(2)45-31-39(24-26-43(45)44-27-23-33-13-9-10-22-42(33)47(44)51)37-19-11-18-36(29-37)38-20-12-21-40(30-38)49-53-48(35-16-7-4-8-17-35)54-50(55-49)41-25-28-46(52-32-41)34-14-5-3-6-15-34/h3-32H,1-2H3. The molecule has 0 unspecified atom stereocenters. The molecule has 0 atom stereocenters. The highest BCUT2D eigenvalue weighted by molar-refractivity contribution is 5.98. The van der Waals surface area contributed by atoms with Gasteiger partial charge < -0.3 is 0 Å². The first kappa shape index (κ1) is 32.6. The molecule has 7 aromatic carbocycles. The molecule has 0 aliphatic heterocycles. The van der Waals surface area contributed by atoms with Crippen molar-refractivity contribution in [3.8, 4) is 78.8 Å². The lowest BCUT2D eigenvalue weighted by atomic mass is 9.79. The van der Waals surface area contributed by atoms with Gasteiger partial charge in [0, 0.05) is 33.9 Å². The van der Waals surface area contributed by atoms with E-state index in [9.17, 15) is 0 Å². The van der Waals surface area contributed by atoms with Gasteiger partial charge in [-0.25, -0.2) is 15.0 Å². The molecule has 0 N–H and O–H groups in total. The Kier molecular flexibility index (Phi) is 7.77. The van der Waals surface area contributed by atoms with Crippen LogP contribution in [0.1, 0.15) is 25.0 Å². The molecule has 9 aromatic rings. The van der Waals surface area contributed by atoms with Gasteiger partial charge in [0.1, 0.15) is 0 Å². The highest BCUT2D eigenvalue weighted by Crippen LogP contribution is 2.52. The third-order valence-corrected chi connectivity index (χ3v) is 10.9. The highest BCUT2D eigenvalue weighted by Gasteiger charge is 2.37. The smallest absolute Gasteiger partial charge is 0.165 e. The summed E-state index contributed by atoms with van der Waals surface area (Å²) in [6, 6.07) is 61.9. The summed E-state index contributed by atoms with van der Waals surface area (Å²) in [4.78, 5) is 19.7. The number of hydrogen-bond donors (Lipinski definition) is 0. The second-order valence-electron chi connectivity index (χ2n) is 14.7. The first-order valence-corrected chi connectivity index (χ1v) is 18.7. The van der Waals surface area contributed by atoms with Crippen LogP contribution >= 0.6 is 0 Å². The Morgan fingerprint density at radius 1 is 0.382 bits per heavy atom. The van der Waals surface area contributed by atoms with Crippen molar-refractivity contribution in [3.63, 3.8) is 0 Å². The summed E-state index contributed by atoms with van der Waals surface area (Å²) in [6.07, 6.45) is 1.85. The van der Waals surface area contributed by atoms with Gasteiger partial charge in [-0.3, -0.25) is 4.98 Å². The van der Waals surface area contributed by atoms with Crippen molar-refractivity contribution in [3.05, 3.63) is 193 Å². The monoisotopic (exact) mass is 704 g/mol. The predicted molar refractivity (Wildman–Crippen MR) is 225 cm³/mol. The van der Waals surface area contributed by atoms with E-state index in [0.29, 0.717) is 17.5 Å². The number of benzene rings is 7. The van der Waals surface area contributed by atoms with E-state index in [1.54, 1.807) is 0 Å². The number of rotatable bonds is 6. The molecule has 0 amide bonds. The van der Waals surface area contributed by atoms with E-state index in [1.807, 2.05) is 66.9 Å². The van der Waals surface area contributed by atoms with Crippen molar-refractivity contribution in [1.29, 1.82) is 0 Å². The fraction of sp³-hybridized carbons (Fsp3) is 0.0588. The lowest BCUT2D eigenvalue weighted by Crippen LogP contribution is -2.15. The molecule has 0 bridgehead atoms. The van der Waals surface area contributed by atoms with Crippen molar-refractivity contribution in [2.24, 2.45) is 0 Å². The Hall–Kier alpha value is -7.04. The van der Waals surface area contributed by atoms with Gasteiger partial charge in [0.2, 0.25) is 0 Å². The fourth-order valence-electron chi connectivity index (χ4n) is 8.15. The van der Waals surface area contributed by atoms with Crippen LogP contribution in [-0.2, 0) is 5.41 Å². The average molecular weight is 705 g/mol. The molecule has 1 aliphatic rings. The van der Waals surface area contributed by atoms with Gasteiger partial charge >= 0.3 is 0 Å². The topological polar surface area (TPSA) is 51.6 Å². The molecule has 2 aromatic heterocycles. The maximum atomic E-state index is 5.02. The minimum absolute atomic E-state index is 0.116. The molecule has 4 nitrogen and oxygen atoms in total. The summed E-state index contributed by atoms with van der Waals surface area (Å²) in [5.41, 5.74) is 14.6. The number of fused-ring (bicyclic) bond motifs is 5. The SMILES string of the molecule is CC1(C)c2cc(-c3cccc(-c4cccc(-c5nc(-c6ccccc6)nc(-c6ccc(-c7ccccc7)nc6)n5)c4)c3)ccc2-c2ccc3ccccc3c21. The molecule has 10 rings (SSSR count). The van der Waals surface area contributed by atoms with Crippen LogP contribution in [0.2, 0.25) is 0 Å². The molecule has 2 heterocycles. The first-order chi connectivity index (χ1) is 27.0. The minimum atomic E-state index is -0.116. The van der Waals surface area contributed by atoms with Crippen LogP contribution in [0.4, 0.5) is 0 Å². The Labute approximate surface area is 320 Å². The summed E-state index contributed by atoms with van der Waals surface area (Å²) in [7, 11) is 0. The van der Waals surface area contributed by atoms with Gasteiger partial charge in [0.05, 0.1) is 5.69 Å². The molecule has 55 heavy (non-hydrogen) atoms. The van der Waals surface area contributed by atoms with E-state index < -0.39 is 0 Å². The number of nitrogens with zero attached hydrogens (tertiary/aromatic N) is 4. The Morgan fingerprint density at radius 2 is 0.909 bits per heavy atom. The van der Waals surface area contributed by atoms with Gasteiger partial charge in [-0.2, -0.15) is 0 Å². The van der Waals surface area contributed by atoms with E-state index in [0.717, 1.165) is 39.1 Å². The molecule has 260 valence electrons. The van der Waals surface area contributed by atoms with Crippen LogP contribution in [0, 0.1) is 0 Å². The van der Waals surface area contributed by atoms with Crippen molar-refractivity contribution < 1.29 is 0 Å². The maximum Gasteiger partial charge on any atom is 0.165 e. The third-order valence-electron chi connectivity index (χ3n) is 10.9. The Bertz CT molecular complexity index is 2880. The average Bonchev–Trinajstić information content (AvgIpc) is 3.49. The van der Waals surface area contributed by atoms with E-state index >= 15 is 0 Å². The summed E-state index contributed by atoms with van der Waals surface area (Å²) in [6.45, 7) is 4.73. The zero-order valence-corrected chi connectivity index (χ0v) is 30.6. The van der Waals surface area contributed by atoms with Gasteiger partial charge in [-0.05, 0) is 85.6 Å². The molecule has 0 saturated heterocycles. The zero-order chi connectivity index (χ0) is 36.9. The van der Waals surface area contributed by atoms with Crippen LogP contribution in [0.3, 0.4) is 0 Å². The van der Waals surface area contributed by atoms with E-state index in [-0.39, 0.29) is 5.41 Å². The van der Waals surface area contributed by atoms with Crippen LogP contribution in [0.25, 0.3) is 89.6 Å². The van der Waals surface area contributed by atoms with Crippen LogP contribution in [0.5, 0.6) is 0 Å². The lowest BCUT2D eigenvalue weighted by Gasteiger charge is -2.23. The largest absolute Gasteiger partial charge is 0.255 e. The maximum absolute atomic E-state index is 5.02. The minimum Gasteiger partial charge on any atom is -0.255 e. The molecule has 0 radical (unpaired) electrons. The van der Waals surface area contributed by atoms with Gasteiger partial charge in [0.15, 0.2) is 17.5 Å². The highest BCUT2D eigenvalue weighted by atomic mass is 15.0. The van der Waals surface area contributed by atoms with Gasteiger partial charge in [0.25, 0.3) is 0 Å². The van der Waals surface area contributed by atoms with E-state index in [1.165, 1.54) is 44.2 Å². The molecule has 0 spiro atoms. The van der Waals surface area contributed by atoms with Crippen LogP contribution in [-0.4, -0.2) is 19.9 Å². The molecule has 0 fully saturated rings. The summed E-state index contributed by atoms with van der Waals surface area (Å²) in [5.74, 6) is 1.81. The molecule has 4 heteroatoms. The van der Waals surface area contributed by atoms with E-state index in [4.69, 9.17) is 19.9 Å². The van der Waals surface area contributed by atoms with Crippen LogP contribution in [0.15, 0.2) is 182 Å². The molecule has 1 aliphatic carbocycles. The Morgan fingerprint density at radius 3 is 1.60 bits per heavy atom. The zero-order valence-electron chi connectivity index (χ0n) is 30.6. The number of aromatic nitrogens is 4. The summed E-state index contributed by atoms with van der Waals surface area (Å²) < 4.78 is 0. The normalized spacial score (nSPS) is 12.7. The van der Waals surface area contributed by atoms with Crippen molar-refractivity contribution in [1.82, 2.24) is 19.9 Å². The first-order valence-electron chi connectivity index (χ1n) is 18.7. The Balaban J connectivity index is 1.01. The van der Waals surface area contributed by atoms with Crippen LogP contribution < -0.4 is 0 Å². The molecular weight excluding hydrogens is 669 g/mol. The summed E-state index contributed by atoms with van der Waals surface area (Å²) in [5, 5.41) is 2.62. The van der Waals surface area contributed by atoms with E-state index in [2.05, 4.69) is 129 Å². The third kappa shape index (κ3) is 5.80. The van der Waals surface area contributed by atoms with Gasteiger partial charge in [-0.15, -0.1) is 0 Å². The number of hydrogen-bond acceptors (Lipinski definition) is 4. The molecule has 0 saturated carbocycles. The van der Waals surface area contributed by atoms with Gasteiger partial charge in [-0.1, -0.05) is 159 Å². The number of pyridine rings is 1. The second-order valence-corrected chi connectivity index (χ2v) is 14.7. The second kappa shape index (κ2) is 13.1. The van der Waals surface area contributed by atoms with Crippen molar-refractivity contribution in [2.75, 3.05) is 0 Å². The van der Waals surface area contributed by atoms with Crippen molar-refractivity contribution >= 4 is 10.8 Å². The molecular formula is C51H36N4.